The average Bonchev–Trinajstić information content (AvgIpc) is 2.87. The van der Waals surface area contributed by atoms with Crippen LogP contribution >= 0.6 is 11.6 Å². The Kier molecular flexibility index (Phi) is 4.00. The van der Waals surface area contributed by atoms with Gasteiger partial charge in [-0.15, -0.1) is 11.6 Å². The highest BCUT2D eigenvalue weighted by atomic mass is 35.5. The Bertz CT molecular complexity index is 908. The number of pyridine rings is 1. The molecule has 0 spiro atoms. The molecule has 0 atom stereocenters. The van der Waals surface area contributed by atoms with Crippen LogP contribution in [0.25, 0.3) is 16.9 Å². The van der Waals surface area contributed by atoms with Crippen LogP contribution in [0.5, 0.6) is 0 Å². The highest BCUT2D eigenvalue weighted by Gasteiger charge is 2.20. The highest BCUT2D eigenvalue weighted by Crippen LogP contribution is 2.31. The normalized spacial score (nSPS) is 11.0. The summed E-state index contributed by atoms with van der Waals surface area (Å²) < 4.78 is 29.3. The molecule has 3 aromatic rings. The van der Waals surface area contributed by atoms with Crippen LogP contribution in [0.4, 0.5) is 14.6 Å². The number of amides is 1. The molecule has 1 N–H and O–H groups in total. The van der Waals surface area contributed by atoms with Gasteiger partial charge in [-0.05, 0) is 36.8 Å². The van der Waals surface area contributed by atoms with Gasteiger partial charge in [-0.3, -0.25) is 9.20 Å². The van der Waals surface area contributed by atoms with E-state index < -0.39 is 17.5 Å². The van der Waals surface area contributed by atoms with E-state index in [0.29, 0.717) is 5.65 Å². The van der Waals surface area contributed by atoms with E-state index in [2.05, 4.69) is 10.3 Å². The van der Waals surface area contributed by atoms with Crippen molar-refractivity contribution in [2.75, 3.05) is 11.2 Å². The molecule has 0 saturated heterocycles. The lowest BCUT2D eigenvalue weighted by Gasteiger charge is -2.07. The Morgan fingerprint density at radius 3 is 2.87 bits per heavy atom. The van der Waals surface area contributed by atoms with Gasteiger partial charge in [0.2, 0.25) is 5.91 Å². The van der Waals surface area contributed by atoms with E-state index in [4.69, 9.17) is 11.6 Å². The van der Waals surface area contributed by atoms with Crippen LogP contribution in [-0.2, 0) is 4.79 Å². The molecule has 1 aromatic carbocycles. The van der Waals surface area contributed by atoms with Crippen molar-refractivity contribution >= 4 is 29.0 Å². The largest absolute Gasteiger partial charge is 0.309 e. The lowest BCUT2D eigenvalue weighted by Crippen LogP contribution is -2.15. The second-order valence-electron chi connectivity index (χ2n) is 5.02. The van der Waals surface area contributed by atoms with Crippen LogP contribution in [0, 0.1) is 18.6 Å². The first-order valence-corrected chi connectivity index (χ1v) is 7.33. The summed E-state index contributed by atoms with van der Waals surface area (Å²) in [6.45, 7) is 1.88. The van der Waals surface area contributed by atoms with Gasteiger partial charge in [0.15, 0.2) is 11.6 Å². The Morgan fingerprint density at radius 1 is 1.35 bits per heavy atom. The van der Waals surface area contributed by atoms with Crippen molar-refractivity contribution in [3.63, 3.8) is 0 Å². The van der Waals surface area contributed by atoms with Gasteiger partial charge in [0.1, 0.15) is 23.0 Å². The number of carbonyl (C=O) groups excluding carboxylic acids is 1. The van der Waals surface area contributed by atoms with Crippen molar-refractivity contribution in [3.05, 3.63) is 53.7 Å². The summed E-state index contributed by atoms with van der Waals surface area (Å²) in [6.07, 6.45) is 1.70. The van der Waals surface area contributed by atoms with E-state index in [0.717, 1.165) is 11.6 Å². The number of nitrogens with zero attached hydrogens (tertiary/aromatic N) is 2. The van der Waals surface area contributed by atoms with E-state index in [-0.39, 0.29) is 23.0 Å². The molecule has 0 fully saturated rings. The van der Waals surface area contributed by atoms with E-state index in [1.54, 1.807) is 16.7 Å². The SMILES string of the molecule is Cc1ccn2c(NC(=O)CCl)c(-c3cccc(F)c3F)nc2c1. The van der Waals surface area contributed by atoms with Crippen molar-refractivity contribution < 1.29 is 13.6 Å². The van der Waals surface area contributed by atoms with E-state index in [1.165, 1.54) is 12.1 Å². The Morgan fingerprint density at radius 2 is 2.13 bits per heavy atom. The number of halogens is 3. The lowest BCUT2D eigenvalue weighted by molar-refractivity contribution is -0.113. The first-order chi connectivity index (χ1) is 11.0. The van der Waals surface area contributed by atoms with Gasteiger partial charge < -0.3 is 5.32 Å². The van der Waals surface area contributed by atoms with Gasteiger partial charge in [0, 0.05) is 11.8 Å². The van der Waals surface area contributed by atoms with Gasteiger partial charge in [0.25, 0.3) is 0 Å². The number of anilines is 1. The van der Waals surface area contributed by atoms with Crippen molar-refractivity contribution in [1.82, 2.24) is 9.38 Å². The third-order valence-electron chi connectivity index (χ3n) is 3.37. The van der Waals surface area contributed by atoms with E-state index >= 15 is 0 Å². The number of alkyl halides is 1. The molecule has 23 heavy (non-hydrogen) atoms. The zero-order chi connectivity index (χ0) is 16.6. The van der Waals surface area contributed by atoms with Crippen molar-refractivity contribution in [2.24, 2.45) is 0 Å². The first kappa shape index (κ1) is 15.4. The Balaban J connectivity index is 2.28. The number of carbonyl (C=O) groups is 1. The van der Waals surface area contributed by atoms with Gasteiger partial charge in [-0.2, -0.15) is 0 Å². The zero-order valence-electron chi connectivity index (χ0n) is 12.1. The number of hydrogen-bond acceptors (Lipinski definition) is 2. The molecule has 3 rings (SSSR count). The van der Waals surface area contributed by atoms with E-state index in [1.807, 2.05) is 13.0 Å². The summed E-state index contributed by atoms with van der Waals surface area (Å²) in [5.74, 6) is -2.48. The monoisotopic (exact) mass is 335 g/mol. The summed E-state index contributed by atoms with van der Waals surface area (Å²) in [7, 11) is 0. The van der Waals surface area contributed by atoms with Crippen molar-refractivity contribution in [3.8, 4) is 11.3 Å². The number of nitrogens with one attached hydrogen (secondary N) is 1. The maximum atomic E-state index is 14.1. The molecule has 0 aliphatic rings. The third kappa shape index (κ3) is 2.77. The maximum Gasteiger partial charge on any atom is 0.240 e. The number of fused-ring (bicyclic) bond motifs is 1. The Labute approximate surface area is 135 Å². The molecule has 2 heterocycles. The lowest BCUT2D eigenvalue weighted by atomic mass is 10.1. The summed E-state index contributed by atoms with van der Waals surface area (Å²) in [5, 5.41) is 2.59. The number of aromatic nitrogens is 2. The number of hydrogen-bond donors (Lipinski definition) is 1. The fourth-order valence-corrected chi connectivity index (χ4v) is 2.37. The summed E-state index contributed by atoms with van der Waals surface area (Å²) >= 11 is 5.52. The maximum absolute atomic E-state index is 14.1. The third-order valence-corrected chi connectivity index (χ3v) is 3.61. The second kappa shape index (κ2) is 5.96. The molecule has 0 unspecified atom stereocenters. The second-order valence-corrected chi connectivity index (χ2v) is 5.29. The van der Waals surface area contributed by atoms with Crippen LogP contribution in [0.3, 0.4) is 0 Å². The van der Waals surface area contributed by atoms with Crippen LogP contribution in [-0.4, -0.2) is 21.2 Å². The van der Waals surface area contributed by atoms with Gasteiger partial charge in [-0.25, -0.2) is 13.8 Å². The minimum Gasteiger partial charge on any atom is -0.309 e. The quantitative estimate of drug-likeness (QED) is 0.741. The number of benzene rings is 1. The van der Waals surface area contributed by atoms with Gasteiger partial charge >= 0.3 is 0 Å². The van der Waals surface area contributed by atoms with Crippen LogP contribution in [0.1, 0.15) is 5.56 Å². The van der Waals surface area contributed by atoms with E-state index in [9.17, 15) is 13.6 Å². The fourth-order valence-electron chi connectivity index (χ4n) is 2.31. The first-order valence-electron chi connectivity index (χ1n) is 6.80. The number of aryl methyl sites for hydroxylation is 1. The fraction of sp³-hybridized carbons (Fsp3) is 0.125. The molecule has 7 heteroatoms. The summed E-state index contributed by atoms with van der Waals surface area (Å²) in [5.41, 5.74) is 1.57. The minimum atomic E-state index is -1.02. The summed E-state index contributed by atoms with van der Waals surface area (Å²) in [6, 6.07) is 7.41. The molecule has 0 aliphatic carbocycles. The smallest absolute Gasteiger partial charge is 0.240 e. The molecule has 0 bridgehead atoms. The molecule has 1 amide bonds. The Hall–Kier alpha value is -2.47. The average molecular weight is 336 g/mol. The summed E-state index contributed by atoms with van der Waals surface area (Å²) in [4.78, 5) is 16.0. The predicted octanol–water partition coefficient (Wildman–Crippen LogP) is 3.77. The number of rotatable bonds is 3. The molecular weight excluding hydrogens is 324 g/mol. The number of imidazole rings is 1. The topological polar surface area (TPSA) is 46.4 Å². The molecule has 4 nitrogen and oxygen atoms in total. The molecule has 0 radical (unpaired) electrons. The van der Waals surface area contributed by atoms with Gasteiger partial charge in [-0.1, -0.05) is 6.07 Å². The zero-order valence-corrected chi connectivity index (χ0v) is 12.9. The molecular formula is C16H12ClF2N3O. The van der Waals surface area contributed by atoms with Crippen LogP contribution in [0.2, 0.25) is 0 Å². The predicted molar refractivity (Wildman–Crippen MR) is 84.6 cm³/mol. The minimum absolute atomic E-state index is 0.0313. The van der Waals surface area contributed by atoms with Crippen molar-refractivity contribution in [2.45, 2.75) is 6.92 Å². The van der Waals surface area contributed by atoms with Crippen LogP contribution in [0.15, 0.2) is 36.5 Å². The molecule has 2 aromatic heterocycles. The van der Waals surface area contributed by atoms with Crippen LogP contribution < -0.4 is 5.32 Å². The van der Waals surface area contributed by atoms with Crippen molar-refractivity contribution in [1.29, 1.82) is 0 Å². The molecule has 0 aliphatic heterocycles. The molecule has 0 saturated carbocycles. The highest BCUT2D eigenvalue weighted by molar-refractivity contribution is 6.29. The van der Waals surface area contributed by atoms with Gasteiger partial charge in [0.05, 0.1) is 0 Å². The standard InChI is InChI=1S/C16H12ClF2N3O/c1-9-5-6-22-12(7-9)20-15(16(22)21-13(23)8-17)10-3-2-4-11(18)14(10)19/h2-7H,8H2,1H3,(H,21,23). The molecule has 118 valence electrons.